The summed E-state index contributed by atoms with van der Waals surface area (Å²) in [6.45, 7) is 5.12. The molecule has 0 radical (unpaired) electrons. The number of benzene rings is 1. The van der Waals surface area contributed by atoms with Crippen LogP contribution in [-0.2, 0) is 11.3 Å². The summed E-state index contributed by atoms with van der Waals surface area (Å²) in [5, 5.41) is 2.66. The number of carbonyl (C=O) groups excluding carboxylic acids is 1. The van der Waals surface area contributed by atoms with E-state index in [1.54, 1.807) is 20.8 Å². The molecule has 0 fully saturated rings. The first-order valence-electron chi connectivity index (χ1n) is 9.33. The molecule has 1 aliphatic heterocycles. The molecular weight excluding hydrogens is 390 g/mol. The number of rotatable bonds is 3. The molecule has 1 amide bonds. The first-order valence-corrected chi connectivity index (χ1v) is 9.33. The van der Waals surface area contributed by atoms with Crippen LogP contribution >= 0.6 is 0 Å². The van der Waals surface area contributed by atoms with Gasteiger partial charge in [-0.3, -0.25) is 0 Å². The van der Waals surface area contributed by atoms with E-state index < -0.39 is 41.7 Å². The van der Waals surface area contributed by atoms with Crippen molar-refractivity contribution in [1.29, 1.82) is 0 Å². The summed E-state index contributed by atoms with van der Waals surface area (Å²) in [6.07, 6.45) is -1.80. The molecule has 0 bridgehead atoms. The van der Waals surface area contributed by atoms with Crippen molar-refractivity contribution >= 4 is 6.09 Å². The minimum Gasteiger partial charge on any atom is -0.444 e. The van der Waals surface area contributed by atoms with Crippen molar-refractivity contribution < 1.29 is 27.1 Å². The van der Waals surface area contributed by atoms with Crippen molar-refractivity contribution in [2.75, 3.05) is 0 Å². The maximum Gasteiger partial charge on any atom is 0.408 e. The van der Waals surface area contributed by atoms with E-state index >= 15 is 0 Å². The average molecular weight is 413 g/mol. The van der Waals surface area contributed by atoms with Gasteiger partial charge < -0.3 is 14.6 Å². The smallest absolute Gasteiger partial charge is 0.408 e. The van der Waals surface area contributed by atoms with E-state index in [1.165, 1.54) is 16.7 Å². The molecule has 29 heavy (non-hydrogen) atoms. The molecule has 1 aliphatic rings. The molecule has 0 unspecified atom stereocenters. The minimum atomic E-state index is -2.80. The van der Waals surface area contributed by atoms with Crippen LogP contribution in [0.5, 0.6) is 0 Å². The quantitative estimate of drug-likeness (QED) is 0.700. The Labute approximate surface area is 166 Å². The third-order valence-corrected chi connectivity index (χ3v) is 4.77. The summed E-state index contributed by atoms with van der Waals surface area (Å²) in [6, 6.07) is 3.15. The number of alkyl halides is 2. The molecule has 0 aliphatic carbocycles. The minimum absolute atomic E-state index is 0.00186. The lowest BCUT2D eigenvalue weighted by Crippen LogP contribution is -2.35. The second-order valence-corrected chi connectivity index (χ2v) is 8.07. The Morgan fingerprint density at radius 2 is 2.00 bits per heavy atom. The lowest BCUT2D eigenvalue weighted by Gasteiger charge is -2.23. The third kappa shape index (κ3) is 4.71. The van der Waals surface area contributed by atoms with Crippen LogP contribution in [0.3, 0.4) is 0 Å². The maximum atomic E-state index is 14.3. The molecule has 9 heteroatoms. The second kappa shape index (κ2) is 8.04. The van der Waals surface area contributed by atoms with Gasteiger partial charge in [-0.05, 0) is 45.2 Å². The zero-order valence-corrected chi connectivity index (χ0v) is 16.4. The van der Waals surface area contributed by atoms with Gasteiger partial charge in [0.25, 0.3) is 6.43 Å². The Hall–Kier alpha value is -2.58. The van der Waals surface area contributed by atoms with Crippen LogP contribution in [-0.4, -0.2) is 21.2 Å². The first-order chi connectivity index (χ1) is 13.6. The van der Waals surface area contributed by atoms with Gasteiger partial charge in [0.15, 0.2) is 11.6 Å². The maximum absolute atomic E-state index is 14.3. The van der Waals surface area contributed by atoms with E-state index in [0.29, 0.717) is 12.8 Å². The Morgan fingerprint density at radius 1 is 1.28 bits per heavy atom. The number of alkyl carbamates (subject to hydrolysis) is 1. The van der Waals surface area contributed by atoms with E-state index in [4.69, 9.17) is 4.74 Å². The van der Waals surface area contributed by atoms with E-state index in [1.807, 2.05) is 0 Å². The fraction of sp³-hybridized carbons (Fsp3) is 0.500. The zero-order chi connectivity index (χ0) is 21.3. The summed E-state index contributed by atoms with van der Waals surface area (Å²) >= 11 is 0. The second-order valence-electron chi connectivity index (χ2n) is 8.07. The molecule has 2 atom stereocenters. The number of halogens is 4. The van der Waals surface area contributed by atoms with Crippen molar-refractivity contribution in [2.45, 2.75) is 64.1 Å². The van der Waals surface area contributed by atoms with Crippen molar-refractivity contribution in [3.05, 3.63) is 53.1 Å². The number of nitrogens with zero attached hydrogens (tertiary/aromatic N) is 2. The molecule has 0 saturated heterocycles. The van der Waals surface area contributed by atoms with Gasteiger partial charge in [-0.1, -0.05) is 12.1 Å². The molecule has 158 valence electrons. The van der Waals surface area contributed by atoms with Crippen LogP contribution in [0.2, 0.25) is 0 Å². The number of fused-ring (bicyclic) bond motifs is 1. The molecule has 1 N–H and O–H groups in total. The van der Waals surface area contributed by atoms with Gasteiger partial charge >= 0.3 is 6.09 Å². The largest absolute Gasteiger partial charge is 0.444 e. The highest BCUT2D eigenvalue weighted by Gasteiger charge is 2.32. The number of amides is 1. The van der Waals surface area contributed by atoms with Crippen molar-refractivity contribution in [2.24, 2.45) is 0 Å². The van der Waals surface area contributed by atoms with Crippen LogP contribution in [0.25, 0.3) is 0 Å². The van der Waals surface area contributed by atoms with Crippen LogP contribution < -0.4 is 5.32 Å². The SMILES string of the molecule is CC(C)(C)OC(=O)N[C@@H]1CC[C@@H](c2cccc(F)c2F)Cn2c(C(F)F)cnc21. The number of hydrogen-bond donors (Lipinski definition) is 1. The highest BCUT2D eigenvalue weighted by Crippen LogP contribution is 2.36. The fourth-order valence-corrected chi connectivity index (χ4v) is 3.54. The highest BCUT2D eigenvalue weighted by atomic mass is 19.3. The Bertz CT molecular complexity index is 892. The average Bonchev–Trinajstić information content (AvgIpc) is 2.94. The lowest BCUT2D eigenvalue weighted by atomic mass is 9.93. The standard InChI is InChI=1S/C20H23F4N3O2/c1-20(2,3)29-19(28)26-14-8-7-11(12-5-4-6-13(21)16(12)22)10-27-15(17(23)24)9-25-18(14)27/h4-6,9,11,14,17H,7-8,10H2,1-3H3,(H,26,28)/t11-,14-/m1/s1. The zero-order valence-electron chi connectivity index (χ0n) is 16.4. The van der Waals surface area contributed by atoms with Crippen LogP contribution in [0.1, 0.15) is 69.1 Å². The summed E-state index contributed by atoms with van der Waals surface area (Å²) < 4.78 is 61.6. The van der Waals surface area contributed by atoms with E-state index in [-0.39, 0.29) is 23.6 Å². The molecule has 5 nitrogen and oxygen atoms in total. The molecule has 1 aromatic heterocycles. The molecule has 1 aromatic carbocycles. The van der Waals surface area contributed by atoms with Gasteiger partial charge in [0.2, 0.25) is 0 Å². The number of imidazole rings is 1. The molecule has 0 spiro atoms. The first kappa shape index (κ1) is 21.1. The molecule has 3 rings (SSSR count). The Kier molecular flexibility index (Phi) is 5.86. The van der Waals surface area contributed by atoms with Gasteiger partial charge in [-0.25, -0.2) is 27.3 Å². The fourth-order valence-electron chi connectivity index (χ4n) is 3.54. The van der Waals surface area contributed by atoms with Crippen LogP contribution in [0.4, 0.5) is 22.4 Å². The monoisotopic (exact) mass is 413 g/mol. The van der Waals surface area contributed by atoms with E-state index in [9.17, 15) is 22.4 Å². The van der Waals surface area contributed by atoms with Gasteiger partial charge in [-0.2, -0.15) is 0 Å². The summed E-state index contributed by atoms with van der Waals surface area (Å²) in [4.78, 5) is 16.3. The predicted molar refractivity (Wildman–Crippen MR) is 97.6 cm³/mol. The van der Waals surface area contributed by atoms with Crippen molar-refractivity contribution in [3.63, 3.8) is 0 Å². The predicted octanol–water partition coefficient (Wildman–Crippen LogP) is 5.24. The van der Waals surface area contributed by atoms with Gasteiger partial charge in [0, 0.05) is 12.5 Å². The Balaban J connectivity index is 1.94. The number of nitrogens with one attached hydrogen (secondary N) is 1. The molecule has 2 heterocycles. The van der Waals surface area contributed by atoms with Gasteiger partial charge in [-0.15, -0.1) is 0 Å². The highest BCUT2D eigenvalue weighted by molar-refractivity contribution is 5.68. The van der Waals surface area contributed by atoms with Crippen molar-refractivity contribution in [1.82, 2.24) is 14.9 Å². The van der Waals surface area contributed by atoms with Crippen LogP contribution in [0.15, 0.2) is 24.4 Å². The summed E-state index contributed by atoms with van der Waals surface area (Å²) in [5.74, 6) is -2.29. The van der Waals surface area contributed by atoms with E-state index in [2.05, 4.69) is 10.3 Å². The Morgan fingerprint density at radius 3 is 2.66 bits per heavy atom. The summed E-state index contributed by atoms with van der Waals surface area (Å²) in [5.41, 5.74) is -0.950. The normalized spacial score (nSPS) is 19.6. The molecule has 2 aromatic rings. The third-order valence-electron chi connectivity index (χ3n) is 4.77. The van der Waals surface area contributed by atoms with Crippen molar-refractivity contribution in [3.8, 4) is 0 Å². The van der Waals surface area contributed by atoms with E-state index in [0.717, 1.165) is 12.3 Å². The molecule has 0 saturated carbocycles. The van der Waals surface area contributed by atoms with Crippen LogP contribution in [0, 0.1) is 11.6 Å². The number of ether oxygens (including phenoxy) is 1. The molecular formula is C20H23F4N3O2. The van der Waals surface area contributed by atoms with Gasteiger partial charge in [0.05, 0.1) is 12.2 Å². The van der Waals surface area contributed by atoms with Gasteiger partial charge in [0.1, 0.15) is 17.1 Å². The lowest BCUT2D eigenvalue weighted by molar-refractivity contribution is 0.0498. The number of aromatic nitrogens is 2. The number of hydrogen-bond acceptors (Lipinski definition) is 3. The topological polar surface area (TPSA) is 56.1 Å². The summed E-state index contributed by atoms with van der Waals surface area (Å²) in [7, 11) is 0. The number of carbonyl (C=O) groups is 1.